The number of amides is 2. The van der Waals surface area contributed by atoms with Gasteiger partial charge in [-0.3, -0.25) is 19.3 Å². The number of fused-ring (bicyclic) bond motifs is 2. The van der Waals surface area contributed by atoms with Gasteiger partial charge in [0, 0.05) is 54.9 Å². The van der Waals surface area contributed by atoms with Crippen LogP contribution in [0.4, 0.5) is 0 Å². The van der Waals surface area contributed by atoms with Gasteiger partial charge in [-0.1, -0.05) is 34.6 Å². The number of carbonyl (C=O) groups excluding carboxylic acids is 2. The molecule has 2 heterocycles. The molecule has 6 heteroatoms. The SMILES string of the molecule is C=c1[nH]c(=O)c2ccc3c4c(C)cc5c6c(ccc(c7c(Br)cc1c2c37)c64)C(=O)N(C)C5=O. The molecule has 0 aliphatic carbocycles. The third-order valence-corrected chi connectivity index (χ3v) is 7.78. The van der Waals surface area contributed by atoms with Gasteiger partial charge in [0.05, 0.1) is 0 Å². The maximum absolute atomic E-state index is 13.0. The van der Waals surface area contributed by atoms with Gasteiger partial charge >= 0.3 is 0 Å². The van der Waals surface area contributed by atoms with E-state index in [-0.39, 0.29) is 17.4 Å². The first kappa shape index (κ1) is 18.8. The minimum Gasteiger partial charge on any atom is -0.322 e. The van der Waals surface area contributed by atoms with Crippen molar-refractivity contribution in [2.24, 2.45) is 0 Å². The Morgan fingerprint density at radius 3 is 2.18 bits per heavy atom. The molecule has 33 heavy (non-hydrogen) atoms. The average molecular weight is 495 g/mol. The second kappa shape index (κ2) is 5.77. The van der Waals surface area contributed by atoms with Crippen molar-refractivity contribution in [2.45, 2.75) is 6.92 Å². The van der Waals surface area contributed by atoms with E-state index >= 15 is 0 Å². The monoisotopic (exact) mass is 494 g/mol. The number of carbonyl (C=O) groups is 2. The van der Waals surface area contributed by atoms with Gasteiger partial charge in [0.15, 0.2) is 0 Å². The molecule has 0 saturated carbocycles. The molecule has 1 aliphatic heterocycles. The molecule has 1 aliphatic rings. The van der Waals surface area contributed by atoms with Gasteiger partial charge in [-0.25, -0.2) is 0 Å². The molecule has 7 rings (SSSR count). The first-order chi connectivity index (χ1) is 15.8. The molecule has 0 spiro atoms. The Kier molecular flexibility index (Phi) is 3.28. The number of nitrogens with one attached hydrogen (secondary N) is 1. The number of imide groups is 1. The summed E-state index contributed by atoms with van der Waals surface area (Å²) >= 11 is 3.77. The van der Waals surface area contributed by atoms with Gasteiger partial charge in [0.25, 0.3) is 17.4 Å². The van der Waals surface area contributed by atoms with Gasteiger partial charge in [-0.05, 0) is 63.7 Å². The van der Waals surface area contributed by atoms with Crippen LogP contribution in [0.1, 0.15) is 26.3 Å². The van der Waals surface area contributed by atoms with Crippen LogP contribution in [0.3, 0.4) is 0 Å². The number of H-pyrrole nitrogens is 1. The molecule has 0 bridgehead atoms. The van der Waals surface area contributed by atoms with E-state index in [2.05, 4.69) is 27.5 Å². The number of aryl methyl sites for hydroxylation is 1. The van der Waals surface area contributed by atoms with E-state index in [0.29, 0.717) is 27.2 Å². The average Bonchev–Trinajstić information content (AvgIpc) is 2.79. The summed E-state index contributed by atoms with van der Waals surface area (Å²) in [6.45, 7) is 6.06. The number of rotatable bonds is 0. The van der Waals surface area contributed by atoms with Crippen molar-refractivity contribution < 1.29 is 9.59 Å². The van der Waals surface area contributed by atoms with Crippen molar-refractivity contribution in [1.82, 2.24) is 9.88 Å². The summed E-state index contributed by atoms with van der Waals surface area (Å²) in [5, 5.41) is 9.44. The lowest BCUT2D eigenvalue weighted by molar-refractivity contribution is 0.0650. The molecule has 5 nitrogen and oxygen atoms in total. The molecule has 6 aromatic rings. The zero-order valence-electron chi connectivity index (χ0n) is 17.7. The minimum absolute atomic E-state index is 0.167. The smallest absolute Gasteiger partial charge is 0.261 e. The fourth-order valence-corrected chi connectivity index (χ4v) is 6.40. The molecule has 0 fully saturated rings. The summed E-state index contributed by atoms with van der Waals surface area (Å²) in [4.78, 5) is 42.8. The Bertz CT molecular complexity index is 2040. The van der Waals surface area contributed by atoms with Gasteiger partial charge in [0.1, 0.15) is 0 Å². The molecular weight excluding hydrogens is 480 g/mol. The Morgan fingerprint density at radius 2 is 1.39 bits per heavy atom. The van der Waals surface area contributed by atoms with Crippen LogP contribution in [0.5, 0.6) is 0 Å². The molecule has 5 aromatic carbocycles. The molecule has 0 atom stereocenters. The number of aromatic amines is 1. The minimum atomic E-state index is -0.295. The fourth-order valence-electron chi connectivity index (χ4n) is 5.76. The van der Waals surface area contributed by atoms with Crippen LogP contribution in [0, 0.1) is 6.92 Å². The van der Waals surface area contributed by atoms with Crippen LogP contribution in [0.15, 0.2) is 45.7 Å². The summed E-state index contributed by atoms with van der Waals surface area (Å²) in [5.74, 6) is -0.584. The normalized spacial score (nSPS) is 14.2. The molecule has 2 amide bonds. The first-order valence-corrected chi connectivity index (χ1v) is 11.3. The summed E-state index contributed by atoms with van der Waals surface area (Å²) in [7, 11) is 1.52. The predicted molar refractivity (Wildman–Crippen MR) is 135 cm³/mol. The third-order valence-electron chi connectivity index (χ3n) is 7.16. The van der Waals surface area contributed by atoms with Crippen molar-refractivity contribution in [3.8, 4) is 0 Å². The number of aromatic nitrogens is 1. The highest BCUT2D eigenvalue weighted by Gasteiger charge is 2.33. The van der Waals surface area contributed by atoms with E-state index < -0.39 is 0 Å². The van der Waals surface area contributed by atoms with Gasteiger partial charge in [0.2, 0.25) is 0 Å². The highest BCUT2D eigenvalue weighted by Crippen LogP contribution is 2.48. The number of benzene rings is 5. The van der Waals surface area contributed by atoms with E-state index in [9.17, 15) is 14.4 Å². The molecule has 1 N–H and O–H groups in total. The largest absolute Gasteiger partial charge is 0.322 e. The van der Waals surface area contributed by atoms with Crippen molar-refractivity contribution in [3.63, 3.8) is 0 Å². The van der Waals surface area contributed by atoms with Crippen molar-refractivity contribution in [1.29, 1.82) is 0 Å². The van der Waals surface area contributed by atoms with Crippen LogP contribution in [-0.4, -0.2) is 28.7 Å². The Balaban J connectivity index is 1.91. The number of pyridine rings is 1. The van der Waals surface area contributed by atoms with Crippen molar-refractivity contribution in [2.75, 3.05) is 7.05 Å². The van der Waals surface area contributed by atoms with E-state index in [1.165, 1.54) is 11.9 Å². The van der Waals surface area contributed by atoms with Crippen LogP contribution in [-0.2, 0) is 0 Å². The zero-order chi connectivity index (χ0) is 22.9. The van der Waals surface area contributed by atoms with Crippen LogP contribution in [0.25, 0.3) is 60.4 Å². The molecular formula is C27H15BrN2O3. The maximum atomic E-state index is 13.0. The Hall–Kier alpha value is -3.77. The number of nitrogens with zero attached hydrogens (tertiary/aromatic N) is 1. The van der Waals surface area contributed by atoms with E-state index in [0.717, 1.165) is 53.1 Å². The molecule has 158 valence electrons. The highest BCUT2D eigenvalue weighted by atomic mass is 79.9. The molecule has 0 radical (unpaired) electrons. The molecule has 1 aromatic heterocycles. The van der Waals surface area contributed by atoms with Gasteiger partial charge < -0.3 is 4.98 Å². The van der Waals surface area contributed by atoms with Crippen molar-refractivity contribution in [3.05, 3.63) is 73.3 Å². The second-order valence-electron chi connectivity index (χ2n) is 8.82. The summed E-state index contributed by atoms with van der Waals surface area (Å²) in [6.07, 6.45) is 0. The van der Waals surface area contributed by atoms with E-state index in [1.807, 2.05) is 43.3 Å². The zero-order valence-corrected chi connectivity index (χ0v) is 19.3. The van der Waals surface area contributed by atoms with Gasteiger partial charge in [-0.15, -0.1) is 0 Å². The van der Waals surface area contributed by atoms with Crippen LogP contribution >= 0.6 is 15.9 Å². The molecule has 0 unspecified atom stereocenters. The Morgan fingerprint density at radius 1 is 0.758 bits per heavy atom. The third kappa shape index (κ3) is 2.01. The van der Waals surface area contributed by atoms with Gasteiger partial charge in [-0.2, -0.15) is 0 Å². The number of hydrogen-bond donors (Lipinski definition) is 1. The number of hydrogen-bond acceptors (Lipinski definition) is 3. The fraction of sp³-hybridized carbons (Fsp3) is 0.0741. The van der Waals surface area contributed by atoms with Crippen molar-refractivity contribution >= 4 is 88.2 Å². The predicted octanol–water partition coefficient (Wildman–Crippen LogP) is 5.00. The quantitative estimate of drug-likeness (QED) is 0.183. The summed E-state index contributed by atoms with van der Waals surface area (Å²) < 4.78 is 0.871. The first-order valence-electron chi connectivity index (χ1n) is 10.5. The van der Waals surface area contributed by atoms with E-state index in [1.54, 1.807) is 0 Å². The lowest BCUT2D eigenvalue weighted by Gasteiger charge is -2.27. The van der Waals surface area contributed by atoms with Crippen LogP contribution in [0.2, 0.25) is 0 Å². The highest BCUT2D eigenvalue weighted by molar-refractivity contribution is 9.10. The lowest BCUT2D eigenvalue weighted by Crippen LogP contribution is -2.37. The maximum Gasteiger partial charge on any atom is 0.261 e. The van der Waals surface area contributed by atoms with E-state index in [4.69, 9.17) is 0 Å². The Labute approximate surface area is 194 Å². The summed E-state index contributed by atoms with van der Waals surface area (Å²) in [5.41, 5.74) is 1.86. The number of halogens is 1. The standard InChI is InChI=1S/C27H15BrN2O3/c1-10-8-17-21-15(26(32)30(3)27(17)33)7-5-13-22-18(28)9-16-11(2)29-25(31)14-6-4-12(19(10)23(13)21)24(22)20(14)16/h4-9H,2H2,1,3H3,(H,29,31). The second-order valence-corrected chi connectivity index (χ2v) is 9.67. The lowest BCUT2D eigenvalue weighted by atomic mass is 9.82. The van der Waals surface area contributed by atoms with Crippen LogP contribution < -0.4 is 10.9 Å². The molecule has 0 saturated heterocycles. The topological polar surface area (TPSA) is 70.2 Å². The summed E-state index contributed by atoms with van der Waals surface area (Å²) in [6, 6.07) is 11.5.